The Hall–Kier alpha value is -4.26. The second kappa shape index (κ2) is 10.8. The van der Waals surface area contributed by atoms with Gasteiger partial charge in [0.15, 0.2) is 5.82 Å². The molecule has 2 heterocycles. The number of nitrogens with one attached hydrogen (secondary N) is 1. The maximum Gasteiger partial charge on any atom is 0.175 e. The monoisotopic (exact) mass is 465 g/mol. The number of benzene rings is 3. The van der Waals surface area contributed by atoms with Crippen LogP contribution in [0.15, 0.2) is 84.9 Å². The number of fused-ring (bicyclic) bond motifs is 1. The van der Waals surface area contributed by atoms with Crippen molar-refractivity contribution < 1.29 is 9.47 Å². The molecule has 5 rings (SSSR count). The number of aromatic nitrogens is 5. The highest BCUT2D eigenvalue weighted by molar-refractivity contribution is 5.78. The highest BCUT2D eigenvalue weighted by atomic mass is 16.5. The van der Waals surface area contributed by atoms with Crippen LogP contribution in [-0.2, 0) is 19.6 Å². The van der Waals surface area contributed by atoms with Crippen molar-refractivity contribution in [3.8, 4) is 11.5 Å². The zero-order valence-corrected chi connectivity index (χ0v) is 19.6. The summed E-state index contributed by atoms with van der Waals surface area (Å²) in [5, 5.41) is 15.5. The average Bonchev–Trinajstić information content (AvgIpc) is 3.43. The third-order valence-corrected chi connectivity index (χ3v) is 6.01. The first-order valence-corrected chi connectivity index (χ1v) is 11.8. The Labute approximate surface area is 204 Å². The van der Waals surface area contributed by atoms with E-state index in [4.69, 9.17) is 9.47 Å². The molecule has 3 aromatic carbocycles. The van der Waals surface area contributed by atoms with E-state index in [1.807, 2.05) is 60.7 Å². The third-order valence-electron chi connectivity index (χ3n) is 6.01. The van der Waals surface area contributed by atoms with Gasteiger partial charge < -0.3 is 9.47 Å². The molecule has 176 valence electrons. The molecule has 7 heteroatoms. The van der Waals surface area contributed by atoms with Gasteiger partial charge >= 0.3 is 0 Å². The summed E-state index contributed by atoms with van der Waals surface area (Å²) in [6.07, 6.45) is 1.72. The Morgan fingerprint density at radius 3 is 2.51 bits per heavy atom. The van der Waals surface area contributed by atoms with Crippen molar-refractivity contribution in [1.29, 1.82) is 0 Å². The Balaban J connectivity index is 1.16. The molecule has 2 aromatic heterocycles. The number of nitrogens with zero attached hydrogens (tertiary/aromatic N) is 4. The maximum atomic E-state index is 6.07. The number of para-hydroxylation sites is 1. The topological polar surface area (TPSA) is 85.8 Å². The molecule has 0 saturated carbocycles. The molecule has 35 heavy (non-hydrogen) atoms. The first-order valence-electron chi connectivity index (χ1n) is 11.8. The lowest BCUT2D eigenvalue weighted by atomic mass is 9.93. The van der Waals surface area contributed by atoms with Crippen LogP contribution in [0.3, 0.4) is 0 Å². The van der Waals surface area contributed by atoms with E-state index in [1.165, 1.54) is 5.56 Å². The molecule has 7 nitrogen and oxygen atoms in total. The molecule has 0 bridgehead atoms. The molecule has 0 amide bonds. The van der Waals surface area contributed by atoms with E-state index >= 15 is 0 Å². The van der Waals surface area contributed by atoms with Crippen molar-refractivity contribution in [1.82, 2.24) is 25.6 Å². The fourth-order valence-electron chi connectivity index (χ4n) is 4.04. The highest BCUT2D eigenvalue weighted by Gasteiger charge is 2.14. The standard InChI is InChI=1S/C28H27N5O2/c1-2-21(17-28-30-32-33-31-28)23-7-5-8-26(16-23)34-18-20-10-14-25(15-11-20)35-19-24-13-12-22-6-3-4-9-27(22)29-24/h3-16,21H,2,17-19H2,1H3,(H,30,31,32,33). The van der Waals surface area contributed by atoms with Crippen LogP contribution in [0.1, 0.15) is 41.9 Å². The van der Waals surface area contributed by atoms with Gasteiger partial charge in [-0.2, -0.15) is 5.21 Å². The molecule has 0 aliphatic heterocycles. The van der Waals surface area contributed by atoms with Crippen molar-refractivity contribution in [2.75, 3.05) is 0 Å². The van der Waals surface area contributed by atoms with E-state index in [1.54, 1.807) is 0 Å². The number of rotatable bonds is 10. The summed E-state index contributed by atoms with van der Waals surface area (Å²) in [5.74, 6) is 2.68. The van der Waals surface area contributed by atoms with Gasteiger partial charge in [-0.3, -0.25) is 0 Å². The first kappa shape index (κ1) is 22.5. The molecular weight excluding hydrogens is 438 g/mol. The summed E-state index contributed by atoms with van der Waals surface area (Å²) in [6, 6.07) is 28.4. The van der Waals surface area contributed by atoms with Crippen molar-refractivity contribution in [2.45, 2.75) is 38.9 Å². The van der Waals surface area contributed by atoms with Crippen molar-refractivity contribution in [3.63, 3.8) is 0 Å². The van der Waals surface area contributed by atoms with Crippen molar-refractivity contribution in [2.24, 2.45) is 0 Å². The van der Waals surface area contributed by atoms with E-state index in [2.05, 4.69) is 56.8 Å². The number of hydrogen-bond donors (Lipinski definition) is 1. The summed E-state index contributed by atoms with van der Waals surface area (Å²) < 4.78 is 12.0. The summed E-state index contributed by atoms with van der Waals surface area (Å²) in [5.41, 5.74) is 4.16. The van der Waals surface area contributed by atoms with Gasteiger partial charge in [-0.05, 0) is 59.9 Å². The SMILES string of the molecule is CCC(Cc1nn[nH]n1)c1cccc(OCc2ccc(OCc3ccc4ccccc4n3)cc2)c1. The number of aromatic amines is 1. The summed E-state index contributed by atoms with van der Waals surface area (Å²) in [7, 11) is 0. The van der Waals surface area contributed by atoms with Crippen LogP contribution < -0.4 is 9.47 Å². The lowest BCUT2D eigenvalue weighted by Crippen LogP contribution is -2.04. The minimum atomic E-state index is 0.310. The number of hydrogen-bond acceptors (Lipinski definition) is 6. The average molecular weight is 466 g/mol. The lowest BCUT2D eigenvalue weighted by molar-refractivity contribution is 0.298. The van der Waals surface area contributed by atoms with Gasteiger partial charge in [0.1, 0.15) is 24.7 Å². The number of pyridine rings is 1. The van der Waals surface area contributed by atoms with E-state index in [-0.39, 0.29) is 0 Å². The molecule has 1 N–H and O–H groups in total. The molecular formula is C28H27N5O2. The fraction of sp³-hybridized carbons (Fsp3) is 0.214. The van der Waals surface area contributed by atoms with E-state index in [0.29, 0.717) is 19.1 Å². The Bertz CT molecular complexity index is 1370. The molecule has 0 aliphatic rings. The van der Waals surface area contributed by atoms with Crippen molar-refractivity contribution >= 4 is 10.9 Å². The smallest absolute Gasteiger partial charge is 0.175 e. The zero-order chi connectivity index (χ0) is 23.9. The van der Waals surface area contributed by atoms with Gasteiger partial charge in [0.2, 0.25) is 0 Å². The predicted octanol–water partition coefficient (Wildman–Crippen LogP) is 5.64. The molecule has 0 spiro atoms. The molecule has 0 fully saturated rings. The minimum absolute atomic E-state index is 0.310. The Morgan fingerprint density at radius 2 is 1.69 bits per heavy atom. The lowest BCUT2D eigenvalue weighted by Gasteiger charge is -2.15. The Kier molecular flexibility index (Phi) is 6.94. The number of ether oxygens (including phenoxy) is 2. The normalized spacial score (nSPS) is 11.9. The van der Waals surface area contributed by atoms with Gasteiger partial charge in [0, 0.05) is 11.8 Å². The molecule has 0 aliphatic carbocycles. The van der Waals surface area contributed by atoms with Gasteiger partial charge in [-0.15, -0.1) is 10.2 Å². The minimum Gasteiger partial charge on any atom is -0.489 e. The van der Waals surface area contributed by atoms with Gasteiger partial charge in [0.05, 0.1) is 11.2 Å². The zero-order valence-electron chi connectivity index (χ0n) is 19.6. The second-order valence-electron chi connectivity index (χ2n) is 8.43. The van der Waals surface area contributed by atoms with Crippen LogP contribution >= 0.6 is 0 Å². The van der Waals surface area contributed by atoms with E-state index in [9.17, 15) is 0 Å². The number of H-pyrrole nitrogens is 1. The fourth-order valence-corrected chi connectivity index (χ4v) is 4.04. The van der Waals surface area contributed by atoms with Crippen LogP contribution in [0.25, 0.3) is 10.9 Å². The van der Waals surface area contributed by atoms with Gasteiger partial charge in [0.25, 0.3) is 0 Å². The maximum absolute atomic E-state index is 6.07. The van der Waals surface area contributed by atoms with Crippen LogP contribution in [0.5, 0.6) is 11.5 Å². The van der Waals surface area contributed by atoms with Crippen LogP contribution in [-0.4, -0.2) is 25.6 Å². The van der Waals surface area contributed by atoms with Gasteiger partial charge in [-0.25, -0.2) is 4.98 Å². The first-order chi connectivity index (χ1) is 17.3. The summed E-state index contributed by atoms with van der Waals surface area (Å²) in [6.45, 7) is 3.07. The molecule has 0 radical (unpaired) electrons. The van der Waals surface area contributed by atoms with Crippen molar-refractivity contribution in [3.05, 3.63) is 108 Å². The quantitative estimate of drug-likeness (QED) is 0.287. The van der Waals surface area contributed by atoms with Gasteiger partial charge in [-0.1, -0.05) is 60.7 Å². The summed E-state index contributed by atoms with van der Waals surface area (Å²) >= 11 is 0. The van der Waals surface area contributed by atoms with Crippen LogP contribution in [0.4, 0.5) is 0 Å². The molecule has 1 unspecified atom stereocenters. The molecule has 0 saturated heterocycles. The third kappa shape index (κ3) is 5.81. The summed E-state index contributed by atoms with van der Waals surface area (Å²) in [4.78, 5) is 4.66. The predicted molar refractivity (Wildman–Crippen MR) is 134 cm³/mol. The van der Waals surface area contributed by atoms with E-state index in [0.717, 1.165) is 52.3 Å². The number of tetrazole rings is 1. The van der Waals surface area contributed by atoms with Crippen LogP contribution in [0.2, 0.25) is 0 Å². The second-order valence-corrected chi connectivity index (χ2v) is 8.43. The van der Waals surface area contributed by atoms with E-state index < -0.39 is 0 Å². The Morgan fingerprint density at radius 1 is 0.829 bits per heavy atom. The molecule has 1 atom stereocenters. The van der Waals surface area contributed by atoms with Crippen LogP contribution in [0, 0.1) is 0 Å². The highest BCUT2D eigenvalue weighted by Crippen LogP contribution is 2.26. The largest absolute Gasteiger partial charge is 0.489 e. The molecule has 5 aromatic rings.